The molecule has 3 aromatic carbocycles. The first-order valence-electron chi connectivity index (χ1n) is 14.0. The highest BCUT2D eigenvalue weighted by atomic mass is 19.4. The number of hydrogen-bond donors (Lipinski definition) is 4. The van der Waals surface area contributed by atoms with Crippen molar-refractivity contribution >= 4 is 29.6 Å². The number of alkyl halides is 3. The smallest absolute Gasteiger partial charge is 0.408 e. The molecule has 0 fully saturated rings. The molecule has 0 aliphatic heterocycles. The van der Waals surface area contributed by atoms with Crippen LogP contribution in [0, 0.1) is 0 Å². The molecule has 0 saturated heterocycles. The van der Waals surface area contributed by atoms with Crippen molar-refractivity contribution in [3.8, 4) is 0 Å². The van der Waals surface area contributed by atoms with E-state index in [9.17, 15) is 37.1 Å². The maximum atomic E-state index is 13.5. The average Bonchev–Trinajstić information content (AvgIpc) is 3.02. The minimum atomic E-state index is -4.90. The molecule has 4 N–H and O–H groups in total. The number of amides is 4. The third kappa shape index (κ3) is 12.1. The van der Waals surface area contributed by atoms with Crippen molar-refractivity contribution in [2.75, 3.05) is 0 Å². The molecule has 0 radical (unpaired) electrons. The van der Waals surface area contributed by atoms with Gasteiger partial charge in [-0.2, -0.15) is 13.2 Å². The summed E-state index contributed by atoms with van der Waals surface area (Å²) in [5.74, 6) is -4.59. The van der Waals surface area contributed by atoms with E-state index >= 15 is 0 Å². The first-order chi connectivity index (χ1) is 21.4. The molecule has 3 atom stereocenters. The van der Waals surface area contributed by atoms with Crippen LogP contribution in [-0.2, 0) is 43.5 Å². The third-order valence-corrected chi connectivity index (χ3v) is 6.44. The SMILES string of the molecule is C[C@H](NC(=O)OCc1ccccc1)C(=O)NC(CC(F)(F)F)C(=O)N[C@@H](Cc1ccccc1)C(=O)C(=O)NCc1ccccc1. The molecule has 4 amide bonds. The van der Waals surface area contributed by atoms with E-state index in [0.717, 1.165) is 0 Å². The molecule has 0 bridgehead atoms. The van der Waals surface area contributed by atoms with Crippen LogP contribution in [0.15, 0.2) is 91.0 Å². The van der Waals surface area contributed by atoms with Gasteiger partial charge < -0.3 is 26.0 Å². The van der Waals surface area contributed by atoms with Crippen molar-refractivity contribution in [1.82, 2.24) is 21.3 Å². The highest BCUT2D eigenvalue weighted by Crippen LogP contribution is 2.22. The van der Waals surface area contributed by atoms with Gasteiger partial charge in [-0.1, -0.05) is 91.0 Å². The van der Waals surface area contributed by atoms with Gasteiger partial charge in [-0.25, -0.2) is 4.79 Å². The lowest BCUT2D eigenvalue weighted by Gasteiger charge is -2.25. The van der Waals surface area contributed by atoms with Gasteiger partial charge in [0.15, 0.2) is 0 Å². The number of carbonyl (C=O) groups is 5. The lowest BCUT2D eigenvalue weighted by atomic mass is 10.0. The molecule has 3 aromatic rings. The molecule has 45 heavy (non-hydrogen) atoms. The van der Waals surface area contributed by atoms with Crippen LogP contribution in [0.25, 0.3) is 0 Å². The maximum Gasteiger partial charge on any atom is 0.408 e. The number of ether oxygens (including phenoxy) is 1. The summed E-state index contributed by atoms with van der Waals surface area (Å²) >= 11 is 0. The molecule has 1 unspecified atom stereocenters. The van der Waals surface area contributed by atoms with E-state index in [1.165, 1.54) is 6.92 Å². The highest BCUT2D eigenvalue weighted by Gasteiger charge is 2.39. The molecule has 0 heterocycles. The number of carbonyl (C=O) groups excluding carboxylic acids is 5. The number of Topliss-reactive ketones (excluding diaryl/α,β-unsaturated/α-hetero) is 1. The fraction of sp³-hybridized carbons (Fsp3) is 0.281. The van der Waals surface area contributed by atoms with Crippen LogP contribution >= 0.6 is 0 Å². The van der Waals surface area contributed by atoms with Crippen LogP contribution in [0.5, 0.6) is 0 Å². The van der Waals surface area contributed by atoms with Gasteiger partial charge in [0, 0.05) is 13.0 Å². The van der Waals surface area contributed by atoms with Crippen molar-refractivity contribution in [3.63, 3.8) is 0 Å². The Morgan fingerprint density at radius 1 is 0.689 bits per heavy atom. The summed E-state index contributed by atoms with van der Waals surface area (Å²) < 4.78 is 45.4. The molecule has 3 rings (SSSR count). The van der Waals surface area contributed by atoms with E-state index in [4.69, 9.17) is 4.74 Å². The van der Waals surface area contributed by atoms with E-state index in [2.05, 4.69) is 16.0 Å². The van der Waals surface area contributed by atoms with Gasteiger partial charge in [-0.05, 0) is 23.6 Å². The summed E-state index contributed by atoms with van der Waals surface area (Å²) in [6, 6.07) is 20.4. The molecular formula is C32H33F3N4O6. The Hall–Kier alpha value is -5.20. The van der Waals surface area contributed by atoms with Crippen molar-refractivity contribution in [2.45, 2.75) is 57.2 Å². The van der Waals surface area contributed by atoms with E-state index in [-0.39, 0.29) is 19.6 Å². The number of alkyl carbamates (subject to hydrolysis) is 1. The van der Waals surface area contributed by atoms with Crippen LogP contribution in [0.3, 0.4) is 0 Å². The summed E-state index contributed by atoms with van der Waals surface area (Å²) in [4.78, 5) is 63.9. The van der Waals surface area contributed by atoms with E-state index in [0.29, 0.717) is 16.7 Å². The van der Waals surface area contributed by atoms with Gasteiger partial charge >= 0.3 is 12.3 Å². The van der Waals surface area contributed by atoms with E-state index in [1.54, 1.807) is 91.0 Å². The average molecular weight is 627 g/mol. The second-order valence-electron chi connectivity index (χ2n) is 10.1. The normalized spacial score (nSPS) is 13.0. The fourth-order valence-corrected chi connectivity index (χ4v) is 4.10. The number of ketones is 1. The second kappa shape index (κ2) is 16.6. The largest absolute Gasteiger partial charge is 0.445 e. The Bertz CT molecular complexity index is 1440. The minimum absolute atomic E-state index is 0.00282. The Balaban J connectivity index is 1.68. The fourth-order valence-electron chi connectivity index (χ4n) is 4.10. The third-order valence-electron chi connectivity index (χ3n) is 6.44. The quantitative estimate of drug-likeness (QED) is 0.202. The van der Waals surface area contributed by atoms with Gasteiger partial charge in [0.2, 0.25) is 17.6 Å². The first-order valence-corrected chi connectivity index (χ1v) is 14.0. The summed E-state index contributed by atoms with van der Waals surface area (Å²) in [6.45, 7) is 1.08. The molecule has 10 nitrogen and oxygen atoms in total. The number of halogens is 3. The zero-order valence-electron chi connectivity index (χ0n) is 24.3. The second-order valence-corrected chi connectivity index (χ2v) is 10.1. The molecule has 238 valence electrons. The summed E-state index contributed by atoms with van der Waals surface area (Å²) in [7, 11) is 0. The predicted octanol–water partition coefficient (Wildman–Crippen LogP) is 3.35. The minimum Gasteiger partial charge on any atom is -0.445 e. The number of hydrogen-bond acceptors (Lipinski definition) is 6. The predicted molar refractivity (Wildman–Crippen MR) is 157 cm³/mol. The zero-order valence-corrected chi connectivity index (χ0v) is 24.3. The van der Waals surface area contributed by atoms with Crippen LogP contribution in [0.2, 0.25) is 0 Å². The highest BCUT2D eigenvalue weighted by molar-refractivity contribution is 6.38. The summed E-state index contributed by atoms with van der Waals surface area (Å²) in [5, 5.41) is 8.85. The monoisotopic (exact) mass is 626 g/mol. The van der Waals surface area contributed by atoms with E-state index < -0.39 is 60.3 Å². The Morgan fingerprint density at radius 3 is 1.76 bits per heavy atom. The Morgan fingerprint density at radius 2 is 1.20 bits per heavy atom. The first kappa shape index (κ1) is 34.3. The van der Waals surface area contributed by atoms with Crippen molar-refractivity contribution in [3.05, 3.63) is 108 Å². The molecule has 0 saturated carbocycles. The molecule has 0 aromatic heterocycles. The van der Waals surface area contributed by atoms with Crippen molar-refractivity contribution < 1.29 is 41.9 Å². The number of rotatable bonds is 14. The zero-order chi connectivity index (χ0) is 32.8. The van der Waals surface area contributed by atoms with Gasteiger partial charge in [-0.3, -0.25) is 19.2 Å². The number of benzene rings is 3. The van der Waals surface area contributed by atoms with Crippen molar-refractivity contribution in [2.24, 2.45) is 0 Å². The standard InChI is InChI=1S/C32H33F3N4O6/c1-21(37-31(44)45-20-24-15-9-4-10-16-24)28(41)39-26(18-32(33,34)35)29(42)38-25(17-22-11-5-2-6-12-22)27(40)30(43)36-19-23-13-7-3-8-14-23/h2-16,21,25-26H,17-20H2,1H3,(H,36,43)(H,37,44)(H,38,42)(H,39,41)/t21-,25-,26?/m0/s1. The van der Waals surface area contributed by atoms with Gasteiger partial charge in [0.25, 0.3) is 5.91 Å². The molecule has 0 aliphatic carbocycles. The van der Waals surface area contributed by atoms with Crippen molar-refractivity contribution in [1.29, 1.82) is 0 Å². The van der Waals surface area contributed by atoms with Crippen LogP contribution < -0.4 is 21.3 Å². The maximum absolute atomic E-state index is 13.5. The molecule has 13 heteroatoms. The van der Waals surface area contributed by atoms with Crippen LogP contribution in [0.1, 0.15) is 30.0 Å². The van der Waals surface area contributed by atoms with Crippen LogP contribution in [0.4, 0.5) is 18.0 Å². The molecular weight excluding hydrogens is 593 g/mol. The van der Waals surface area contributed by atoms with Gasteiger partial charge in [-0.15, -0.1) is 0 Å². The van der Waals surface area contributed by atoms with Crippen LogP contribution in [-0.4, -0.2) is 53.9 Å². The summed E-state index contributed by atoms with van der Waals surface area (Å²) in [6.07, 6.45) is -7.88. The topological polar surface area (TPSA) is 143 Å². The van der Waals surface area contributed by atoms with Gasteiger partial charge in [0.1, 0.15) is 24.7 Å². The van der Waals surface area contributed by atoms with E-state index in [1.807, 2.05) is 5.32 Å². The lowest BCUT2D eigenvalue weighted by Crippen LogP contribution is -2.57. The number of nitrogens with one attached hydrogen (secondary N) is 4. The van der Waals surface area contributed by atoms with Gasteiger partial charge in [0.05, 0.1) is 6.42 Å². The lowest BCUT2D eigenvalue weighted by molar-refractivity contribution is -0.152. The Labute approximate surface area is 257 Å². The molecule has 0 aliphatic rings. The summed E-state index contributed by atoms with van der Waals surface area (Å²) in [5.41, 5.74) is 1.89. The molecule has 0 spiro atoms. The Kier molecular flexibility index (Phi) is 12.6.